The molecule has 1 fully saturated rings. The van der Waals surface area contributed by atoms with Gasteiger partial charge in [0, 0.05) is 43.8 Å². The lowest BCUT2D eigenvalue weighted by Gasteiger charge is -2.35. The van der Waals surface area contributed by atoms with Gasteiger partial charge >= 0.3 is 0 Å². The van der Waals surface area contributed by atoms with Gasteiger partial charge in [0.1, 0.15) is 0 Å². The monoisotopic (exact) mass is 305 g/mol. The molecular formula is C15H16ClN3O2. The number of halogens is 1. The third kappa shape index (κ3) is 3.03. The Hall–Kier alpha value is -2.01. The Morgan fingerprint density at radius 3 is 2.67 bits per heavy atom. The van der Waals surface area contributed by atoms with Crippen LogP contribution in [0.2, 0.25) is 5.02 Å². The van der Waals surface area contributed by atoms with Crippen LogP contribution in [0.25, 0.3) is 0 Å². The Labute approximate surface area is 128 Å². The highest BCUT2D eigenvalue weighted by atomic mass is 35.5. The Balaban J connectivity index is 1.64. The molecule has 1 aliphatic heterocycles. The van der Waals surface area contributed by atoms with Crippen LogP contribution in [0.15, 0.2) is 34.9 Å². The van der Waals surface area contributed by atoms with Crippen LogP contribution in [-0.2, 0) is 0 Å². The molecule has 6 heteroatoms. The average molecular weight is 306 g/mol. The standard InChI is InChI=1S/C15H16ClN3O2/c1-11-17-10-14(21-11)15(20)19-7-5-18(6-8-19)13-4-2-3-12(16)9-13/h2-4,9-10H,5-8H2,1H3. The molecule has 1 aromatic heterocycles. The minimum absolute atomic E-state index is 0.0960. The fourth-order valence-electron chi connectivity index (χ4n) is 2.46. The molecule has 2 aromatic rings. The summed E-state index contributed by atoms with van der Waals surface area (Å²) in [5, 5.41) is 0.725. The second-order valence-corrected chi connectivity index (χ2v) is 5.44. The van der Waals surface area contributed by atoms with E-state index in [1.807, 2.05) is 24.3 Å². The van der Waals surface area contributed by atoms with E-state index >= 15 is 0 Å². The van der Waals surface area contributed by atoms with E-state index < -0.39 is 0 Å². The highest BCUT2D eigenvalue weighted by Gasteiger charge is 2.24. The van der Waals surface area contributed by atoms with Crippen molar-refractivity contribution >= 4 is 23.2 Å². The van der Waals surface area contributed by atoms with Gasteiger partial charge in [-0.3, -0.25) is 4.79 Å². The van der Waals surface area contributed by atoms with E-state index in [4.69, 9.17) is 16.0 Å². The van der Waals surface area contributed by atoms with Crippen molar-refractivity contribution in [1.82, 2.24) is 9.88 Å². The summed E-state index contributed by atoms with van der Waals surface area (Å²) in [6.45, 7) is 4.60. The van der Waals surface area contributed by atoms with Gasteiger partial charge in [-0.15, -0.1) is 0 Å². The molecule has 0 unspecified atom stereocenters. The number of aromatic nitrogens is 1. The maximum absolute atomic E-state index is 12.3. The highest BCUT2D eigenvalue weighted by Crippen LogP contribution is 2.21. The normalized spacial score (nSPS) is 15.3. The summed E-state index contributed by atoms with van der Waals surface area (Å²) in [5.41, 5.74) is 1.09. The maximum Gasteiger partial charge on any atom is 0.291 e. The highest BCUT2D eigenvalue weighted by molar-refractivity contribution is 6.30. The van der Waals surface area contributed by atoms with Crippen molar-refractivity contribution in [2.24, 2.45) is 0 Å². The average Bonchev–Trinajstić information content (AvgIpc) is 2.93. The first-order valence-corrected chi connectivity index (χ1v) is 7.23. The van der Waals surface area contributed by atoms with Crippen LogP contribution >= 0.6 is 11.6 Å². The third-order valence-electron chi connectivity index (χ3n) is 3.57. The van der Waals surface area contributed by atoms with Gasteiger partial charge < -0.3 is 14.2 Å². The first kappa shape index (κ1) is 13.9. The molecule has 5 nitrogen and oxygen atoms in total. The Bertz CT molecular complexity index is 648. The van der Waals surface area contributed by atoms with E-state index in [2.05, 4.69) is 9.88 Å². The summed E-state index contributed by atoms with van der Waals surface area (Å²) in [6.07, 6.45) is 1.49. The topological polar surface area (TPSA) is 49.6 Å². The summed E-state index contributed by atoms with van der Waals surface area (Å²) < 4.78 is 5.29. The fourth-order valence-corrected chi connectivity index (χ4v) is 2.64. The molecule has 2 heterocycles. The molecule has 0 bridgehead atoms. The van der Waals surface area contributed by atoms with Gasteiger partial charge in [-0.2, -0.15) is 0 Å². The van der Waals surface area contributed by atoms with Gasteiger partial charge in [-0.1, -0.05) is 17.7 Å². The first-order valence-electron chi connectivity index (χ1n) is 6.86. The zero-order chi connectivity index (χ0) is 14.8. The van der Waals surface area contributed by atoms with Crippen molar-refractivity contribution in [3.63, 3.8) is 0 Å². The van der Waals surface area contributed by atoms with Crippen LogP contribution < -0.4 is 4.90 Å². The summed E-state index contributed by atoms with van der Waals surface area (Å²) in [7, 11) is 0. The molecule has 110 valence electrons. The largest absolute Gasteiger partial charge is 0.436 e. The minimum Gasteiger partial charge on any atom is -0.436 e. The van der Waals surface area contributed by atoms with Gasteiger partial charge in [0.25, 0.3) is 5.91 Å². The summed E-state index contributed by atoms with van der Waals surface area (Å²) in [4.78, 5) is 20.2. The molecule has 0 atom stereocenters. The number of carbonyl (C=O) groups excluding carboxylic acids is 1. The van der Waals surface area contributed by atoms with E-state index in [0.717, 1.165) is 23.8 Å². The van der Waals surface area contributed by atoms with E-state index in [9.17, 15) is 4.79 Å². The Morgan fingerprint density at radius 2 is 2.05 bits per heavy atom. The third-order valence-corrected chi connectivity index (χ3v) is 3.81. The van der Waals surface area contributed by atoms with Gasteiger partial charge in [0.2, 0.25) is 5.76 Å². The molecule has 0 aliphatic carbocycles. The van der Waals surface area contributed by atoms with E-state index in [1.54, 1.807) is 11.8 Å². The van der Waals surface area contributed by atoms with Crippen molar-refractivity contribution in [1.29, 1.82) is 0 Å². The molecule has 0 radical (unpaired) electrons. The molecule has 1 aliphatic rings. The lowest BCUT2D eigenvalue weighted by molar-refractivity contribution is 0.0713. The number of carbonyl (C=O) groups is 1. The van der Waals surface area contributed by atoms with Crippen LogP contribution in [0.5, 0.6) is 0 Å². The summed E-state index contributed by atoms with van der Waals surface area (Å²) >= 11 is 6.02. The van der Waals surface area contributed by atoms with Crippen LogP contribution in [0.1, 0.15) is 16.4 Å². The molecule has 0 saturated carbocycles. The predicted molar refractivity (Wildman–Crippen MR) is 80.8 cm³/mol. The molecule has 21 heavy (non-hydrogen) atoms. The van der Waals surface area contributed by atoms with Crippen molar-refractivity contribution in [2.75, 3.05) is 31.1 Å². The van der Waals surface area contributed by atoms with Gasteiger partial charge in [0.05, 0.1) is 6.20 Å². The molecule has 1 aromatic carbocycles. The smallest absolute Gasteiger partial charge is 0.291 e. The predicted octanol–water partition coefficient (Wildman–Crippen LogP) is 2.60. The number of amides is 1. The maximum atomic E-state index is 12.3. The number of nitrogens with zero attached hydrogens (tertiary/aromatic N) is 3. The van der Waals surface area contributed by atoms with E-state index in [1.165, 1.54) is 6.20 Å². The van der Waals surface area contributed by atoms with Crippen LogP contribution in [0, 0.1) is 6.92 Å². The second kappa shape index (κ2) is 5.77. The lowest BCUT2D eigenvalue weighted by atomic mass is 10.2. The van der Waals surface area contributed by atoms with Gasteiger partial charge in [-0.05, 0) is 18.2 Å². The Morgan fingerprint density at radius 1 is 1.29 bits per heavy atom. The number of anilines is 1. The number of rotatable bonds is 2. The van der Waals surface area contributed by atoms with Crippen molar-refractivity contribution in [3.05, 3.63) is 47.1 Å². The molecule has 0 N–H and O–H groups in total. The summed E-state index contributed by atoms with van der Waals surface area (Å²) in [6, 6.07) is 7.77. The van der Waals surface area contributed by atoms with Crippen molar-refractivity contribution in [2.45, 2.75) is 6.92 Å². The number of piperazine rings is 1. The van der Waals surface area contributed by atoms with Crippen LogP contribution in [-0.4, -0.2) is 42.0 Å². The number of aryl methyl sites for hydroxylation is 1. The molecule has 3 rings (SSSR count). The van der Waals surface area contributed by atoms with Gasteiger partial charge in [0.15, 0.2) is 5.89 Å². The summed E-state index contributed by atoms with van der Waals surface area (Å²) in [5.74, 6) is 0.723. The Kier molecular flexibility index (Phi) is 3.84. The van der Waals surface area contributed by atoms with Gasteiger partial charge in [-0.25, -0.2) is 4.98 Å². The van der Waals surface area contributed by atoms with Crippen LogP contribution in [0.4, 0.5) is 5.69 Å². The second-order valence-electron chi connectivity index (χ2n) is 5.00. The number of benzene rings is 1. The molecular weight excluding hydrogens is 290 g/mol. The van der Waals surface area contributed by atoms with Crippen molar-refractivity contribution in [3.8, 4) is 0 Å². The number of hydrogen-bond acceptors (Lipinski definition) is 4. The lowest BCUT2D eigenvalue weighted by Crippen LogP contribution is -2.48. The first-order chi connectivity index (χ1) is 10.1. The van der Waals surface area contributed by atoms with Crippen molar-refractivity contribution < 1.29 is 9.21 Å². The number of hydrogen-bond donors (Lipinski definition) is 0. The van der Waals surface area contributed by atoms with E-state index in [-0.39, 0.29) is 5.91 Å². The zero-order valence-electron chi connectivity index (χ0n) is 11.8. The van der Waals surface area contributed by atoms with Crippen LogP contribution in [0.3, 0.4) is 0 Å². The molecule has 0 spiro atoms. The van der Waals surface area contributed by atoms with E-state index in [0.29, 0.717) is 24.7 Å². The quantitative estimate of drug-likeness (QED) is 0.856. The molecule has 1 amide bonds. The zero-order valence-corrected chi connectivity index (χ0v) is 12.5. The molecule has 1 saturated heterocycles. The SMILES string of the molecule is Cc1ncc(C(=O)N2CCN(c3cccc(Cl)c3)CC2)o1. The number of oxazole rings is 1. The minimum atomic E-state index is -0.0960. The fraction of sp³-hybridized carbons (Fsp3) is 0.333.